The van der Waals surface area contributed by atoms with E-state index in [4.69, 9.17) is 27.5 Å². The average Bonchev–Trinajstić information content (AvgIpc) is 2.65. The molecule has 0 atom stereocenters. The predicted molar refractivity (Wildman–Crippen MR) is 98.9 cm³/mol. The second-order valence-corrected chi connectivity index (χ2v) is 5.91. The van der Waals surface area contributed by atoms with E-state index < -0.39 is 5.82 Å². The number of benzene rings is 2. The highest BCUT2D eigenvalue weighted by Crippen LogP contribution is 2.28. The van der Waals surface area contributed by atoms with Crippen molar-refractivity contribution < 1.29 is 18.7 Å². The van der Waals surface area contributed by atoms with Crippen LogP contribution in [-0.4, -0.2) is 19.6 Å². The normalized spacial score (nSPS) is 10.1. The van der Waals surface area contributed by atoms with Gasteiger partial charge in [0.1, 0.15) is 12.4 Å². The molecule has 2 rings (SSSR count). The van der Waals surface area contributed by atoms with Crippen molar-refractivity contribution in [3.8, 4) is 23.8 Å². The van der Waals surface area contributed by atoms with E-state index in [2.05, 4.69) is 11.2 Å². The highest BCUT2D eigenvalue weighted by molar-refractivity contribution is 6.30. The molecule has 1 amide bonds. The molecule has 0 aliphatic carbocycles. The van der Waals surface area contributed by atoms with Crippen LogP contribution in [0.2, 0.25) is 5.02 Å². The third-order valence-corrected chi connectivity index (χ3v) is 3.94. The van der Waals surface area contributed by atoms with Crippen LogP contribution in [0, 0.1) is 18.2 Å². The number of amides is 1. The third kappa shape index (κ3) is 5.68. The molecule has 0 saturated heterocycles. The number of rotatable bonds is 8. The summed E-state index contributed by atoms with van der Waals surface area (Å²) in [6.45, 7) is 0.451. The van der Waals surface area contributed by atoms with E-state index in [9.17, 15) is 9.18 Å². The van der Waals surface area contributed by atoms with Crippen molar-refractivity contribution in [2.45, 2.75) is 19.4 Å². The SMILES string of the molecule is C#CCOc1ccc(CCC(=O)NCc2ccc(F)c(Cl)c2)cc1OC. The van der Waals surface area contributed by atoms with Crippen LogP contribution in [0.3, 0.4) is 0 Å². The van der Waals surface area contributed by atoms with Gasteiger partial charge in [0, 0.05) is 13.0 Å². The third-order valence-electron chi connectivity index (χ3n) is 3.65. The monoisotopic (exact) mass is 375 g/mol. The number of ether oxygens (including phenoxy) is 2. The lowest BCUT2D eigenvalue weighted by Crippen LogP contribution is -2.23. The summed E-state index contributed by atoms with van der Waals surface area (Å²) in [6.07, 6.45) is 6.03. The Morgan fingerprint density at radius 1 is 1.23 bits per heavy atom. The van der Waals surface area contributed by atoms with Crippen molar-refractivity contribution in [1.82, 2.24) is 5.32 Å². The van der Waals surface area contributed by atoms with Crippen LogP contribution in [0.25, 0.3) is 0 Å². The fraction of sp³-hybridized carbons (Fsp3) is 0.250. The molecule has 0 unspecified atom stereocenters. The van der Waals surface area contributed by atoms with Crippen LogP contribution in [-0.2, 0) is 17.8 Å². The Kier molecular flexibility index (Phi) is 7.31. The number of hydrogen-bond donors (Lipinski definition) is 1. The minimum Gasteiger partial charge on any atom is -0.493 e. The van der Waals surface area contributed by atoms with E-state index >= 15 is 0 Å². The highest BCUT2D eigenvalue weighted by Gasteiger charge is 2.08. The molecule has 0 bridgehead atoms. The molecule has 0 heterocycles. The zero-order valence-corrected chi connectivity index (χ0v) is 15.1. The van der Waals surface area contributed by atoms with Crippen molar-refractivity contribution in [2.24, 2.45) is 0 Å². The smallest absolute Gasteiger partial charge is 0.220 e. The van der Waals surface area contributed by atoms with Crippen molar-refractivity contribution in [1.29, 1.82) is 0 Å². The van der Waals surface area contributed by atoms with Crippen LogP contribution < -0.4 is 14.8 Å². The van der Waals surface area contributed by atoms with Gasteiger partial charge in [-0.25, -0.2) is 4.39 Å². The Morgan fingerprint density at radius 2 is 2.00 bits per heavy atom. The van der Waals surface area contributed by atoms with Gasteiger partial charge in [0.15, 0.2) is 11.5 Å². The van der Waals surface area contributed by atoms with Crippen molar-refractivity contribution >= 4 is 17.5 Å². The number of nitrogens with one attached hydrogen (secondary N) is 1. The summed E-state index contributed by atoms with van der Waals surface area (Å²) in [7, 11) is 1.54. The van der Waals surface area contributed by atoms with Gasteiger partial charge < -0.3 is 14.8 Å². The number of terminal acetylenes is 1. The molecule has 1 N–H and O–H groups in total. The highest BCUT2D eigenvalue weighted by atomic mass is 35.5. The lowest BCUT2D eigenvalue weighted by molar-refractivity contribution is -0.121. The van der Waals surface area contributed by atoms with Gasteiger partial charge in [-0.3, -0.25) is 4.79 Å². The predicted octanol–water partition coefficient (Wildman–Crippen LogP) is 3.75. The topological polar surface area (TPSA) is 47.6 Å². The summed E-state index contributed by atoms with van der Waals surface area (Å²) in [5, 5.41) is 2.82. The molecule has 0 fully saturated rings. The Bertz CT molecular complexity index is 817. The largest absolute Gasteiger partial charge is 0.493 e. The van der Waals surface area contributed by atoms with Gasteiger partial charge in [0.05, 0.1) is 12.1 Å². The molecule has 0 radical (unpaired) electrons. The van der Waals surface area contributed by atoms with E-state index in [1.54, 1.807) is 19.2 Å². The van der Waals surface area contributed by atoms with E-state index in [1.807, 2.05) is 12.1 Å². The average molecular weight is 376 g/mol. The molecule has 2 aromatic carbocycles. The number of halogens is 2. The van der Waals surface area contributed by atoms with Gasteiger partial charge in [-0.05, 0) is 41.8 Å². The molecular weight excluding hydrogens is 357 g/mol. The number of carbonyl (C=O) groups excluding carboxylic acids is 1. The fourth-order valence-electron chi connectivity index (χ4n) is 2.30. The molecule has 4 nitrogen and oxygen atoms in total. The number of aryl methyl sites for hydroxylation is 1. The maximum atomic E-state index is 13.1. The lowest BCUT2D eigenvalue weighted by atomic mass is 10.1. The number of hydrogen-bond acceptors (Lipinski definition) is 3. The second-order valence-electron chi connectivity index (χ2n) is 5.50. The van der Waals surface area contributed by atoms with Gasteiger partial charge in [-0.1, -0.05) is 29.7 Å². The van der Waals surface area contributed by atoms with Gasteiger partial charge in [-0.15, -0.1) is 6.42 Å². The molecular formula is C20H19ClFNO3. The summed E-state index contributed by atoms with van der Waals surface area (Å²) in [5.41, 5.74) is 1.68. The standard InChI is InChI=1S/C20H19ClFNO3/c1-3-10-26-18-8-5-14(12-19(18)25-2)6-9-20(24)23-13-15-4-7-17(22)16(21)11-15/h1,4-5,7-8,11-12H,6,9-10,13H2,2H3,(H,23,24). The van der Waals surface area contributed by atoms with E-state index in [-0.39, 0.29) is 17.5 Å². The van der Waals surface area contributed by atoms with Crippen LogP contribution in [0.15, 0.2) is 36.4 Å². The summed E-state index contributed by atoms with van der Waals surface area (Å²) >= 11 is 5.72. The summed E-state index contributed by atoms with van der Waals surface area (Å²) in [6, 6.07) is 9.81. The fourth-order valence-corrected chi connectivity index (χ4v) is 2.51. The molecule has 136 valence electrons. The van der Waals surface area contributed by atoms with Crippen molar-refractivity contribution in [3.63, 3.8) is 0 Å². The first kappa shape index (κ1) is 19.6. The Morgan fingerprint density at radius 3 is 2.69 bits per heavy atom. The van der Waals surface area contributed by atoms with Gasteiger partial charge >= 0.3 is 0 Å². The molecule has 0 spiro atoms. The quantitative estimate of drug-likeness (QED) is 0.715. The zero-order valence-electron chi connectivity index (χ0n) is 14.4. The Balaban J connectivity index is 1.86. The summed E-state index contributed by atoms with van der Waals surface area (Å²) in [5.74, 6) is 2.93. The van der Waals surface area contributed by atoms with Crippen LogP contribution in [0.4, 0.5) is 4.39 Å². The zero-order chi connectivity index (χ0) is 18.9. The molecule has 2 aromatic rings. The summed E-state index contributed by atoms with van der Waals surface area (Å²) in [4.78, 5) is 12.0. The summed E-state index contributed by atoms with van der Waals surface area (Å²) < 4.78 is 23.8. The molecule has 26 heavy (non-hydrogen) atoms. The lowest BCUT2D eigenvalue weighted by Gasteiger charge is -2.11. The number of methoxy groups -OCH3 is 1. The van der Waals surface area contributed by atoms with Crippen LogP contribution >= 0.6 is 11.6 Å². The first-order chi connectivity index (χ1) is 12.5. The molecule has 0 aliphatic rings. The number of carbonyl (C=O) groups is 1. The van der Waals surface area contributed by atoms with Crippen molar-refractivity contribution in [3.05, 3.63) is 58.4 Å². The minimum absolute atomic E-state index is 0.0380. The van der Waals surface area contributed by atoms with Crippen molar-refractivity contribution in [2.75, 3.05) is 13.7 Å². The Labute approximate surface area is 157 Å². The Hall–Kier alpha value is -2.71. The molecule has 6 heteroatoms. The van der Waals surface area contributed by atoms with Crippen LogP contribution in [0.5, 0.6) is 11.5 Å². The molecule has 0 aliphatic heterocycles. The molecule has 0 saturated carbocycles. The second kappa shape index (κ2) is 9.69. The first-order valence-corrected chi connectivity index (χ1v) is 8.35. The molecule has 0 aromatic heterocycles. The van der Waals surface area contributed by atoms with E-state index in [0.717, 1.165) is 11.1 Å². The van der Waals surface area contributed by atoms with Gasteiger partial charge in [-0.2, -0.15) is 0 Å². The van der Waals surface area contributed by atoms with Gasteiger partial charge in [0.2, 0.25) is 5.91 Å². The first-order valence-electron chi connectivity index (χ1n) is 7.97. The minimum atomic E-state index is -0.481. The maximum absolute atomic E-state index is 13.1. The van der Waals surface area contributed by atoms with E-state index in [0.29, 0.717) is 30.9 Å². The van der Waals surface area contributed by atoms with Gasteiger partial charge in [0.25, 0.3) is 0 Å². The maximum Gasteiger partial charge on any atom is 0.220 e. The van der Waals surface area contributed by atoms with Crippen LogP contribution in [0.1, 0.15) is 17.5 Å². The van der Waals surface area contributed by atoms with E-state index in [1.165, 1.54) is 12.1 Å².